The van der Waals surface area contributed by atoms with Crippen LogP contribution in [0.3, 0.4) is 0 Å². The Bertz CT molecular complexity index is 575. The zero-order valence-corrected chi connectivity index (χ0v) is 10.9. The van der Waals surface area contributed by atoms with Gasteiger partial charge in [0, 0.05) is 29.5 Å². The second-order valence-electron chi connectivity index (χ2n) is 3.64. The summed E-state index contributed by atoms with van der Waals surface area (Å²) >= 11 is 3.33. The van der Waals surface area contributed by atoms with E-state index in [4.69, 9.17) is 0 Å². The van der Waals surface area contributed by atoms with Gasteiger partial charge in [0.15, 0.2) is 0 Å². The molecule has 1 aromatic heterocycles. The number of pyridine rings is 1. The van der Waals surface area contributed by atoms with Crippen LogP contribution >= 0.6 is 15.9 Å². The number of rotatable bonds is 4. The first-order chi connectivity index (χ1) is 8.66. The molecule has 1 heterocycles. The molecule has 0 fully saturated rings. The molecular weight excluding hydrogens is 298 g/mol. The maximum Gasteiger partial charge on any atom is 0.292 e. The lowest BCUT2D eigenvalue weighted by Gasteiger charge is -2.06. The molecule has 0 aliphatic carbocycles. The molecule has 1 aromatic carbocycles. The number of nitrogens with one attached hydrogen (secondary N) is 1. The minimum absolute atomic E-state index is 0.0699. The van der Waals surface area contributed by atoms with Crippen LogP contribution in [0.25, 0.3) is 0 Å². The highest BCUT2D eigenvalue weighted by Crippen LogP contribution is 2.23. The van der Waals surface area contributed by atoms with Crippen LogP contribution < -0.4 is 5.32 Å². The van der Waals surface area contributed by atoms with Crippen molar-refractivity contribution < 1.29 is 4.92 Å². The van der Waals surface area contributed by atoms with Gasteiger partial charge in [0.1, 0.15) is 5.69 Å². The maximum atomic E-state index is 10.8. The highest BCUT2D eigenvalue weighted by molar-refractivity contribution is 9.10. The third kappa shape index (κ3) is 3.04. The number of benzene rings is 1. The summed E-state index contributed by atoms with van der Waals surface area (Å²) in [4.78, 5) is 14.5. The van der Waals surface area contributed by atoms with Crippen LogP contribution in [0.2, 0.25) is 0 Å². The van der Waals surface area contributed by atoms with Crippen molar-refractivity contribution in [1.29, 1.82) is 0 Å². The van der Waals surface area contributed by atoms with Crippen molar-refractivity contribution in [3.05, 3.63) is 62.9 Å². The number of hydrogen-bond donors (Lipinski definition) is 1. The van der Waals surface area contributed by atoms with Gasteiger partial charge in [-0.25, -0.2) is 0 Å². The van der Waals surface area contributed by atoms with Crippen LogP contribution in [0.1, 0.15) is 5.56 Å². The number of hydrogen-bond acceptors (Lipinski definition) is 4. The number of nitro benzene ring substituents is 1. The van der Waals surface area contributed by atoms with Crippen molar-refractivity contribution in [2.45, 2.75) is 6.54 Å². The van der Waals surface area contributed by atoms with Crippen molar-refractivity contribution >= 4 is 27.3 Å². The van der Waals surface area contributed by atoms with Crippen LogP contribution in [-0.4, -0.2) is 9.91 Å². The molecule has 0 aliphatic rings. The average molecular weight is 308 g/mol. The van der Waals surface area contributed by atoms with E-state index < -0.39 is 4.92 Å². The smallest absolute Gasteiger partial charge is 0.292 e. The summed E-state index contributed by atoms with van der Waals surface area (Å²) in [6, 6.07) is 8.47. The van der Waals surface area contributed by atoms with Gasteiger partial charge in [0.2, 0.25) is 0 Å². The predicted octanol–water partition coefficient (Wildman–Crippen LogP) is 3.36. The molecule has 0 radical (unpaired) electrons. The van der Waals surface area contributed by atoms with E-state index in [-0.39, 0.29) is 5.69 Å². The Morgan fingerprint density at radius 1 is 1.33 bits per heavy atom. The largest absolute Gasteiger partial charge is 0.375 e. The molecular formula is C12H10BrN3O2. The van der Waals surface area contributed by atoms with Crippen molar-refractivity contribution in [3.63, 3.8) is 0 Å². The van der Waals surface area contributed by atoms with Crippen LogP contribution in [0, 0.1) is 10.1 Å². The molecule has 6 heteroatoms. The molecule has 0 aliphatic heterocycles. The summed E-state index contributed by atoms with van der Waals surface area (Å²) in [5.41, 5.74) is 1.52. The van der Waals surface area contributed by atoms with E-state index in [1.807, 2.05) is 6.07 Å². The molecule has 18 heavy (non-hydrogen) atoms. The van der Waals surface area contributed by atoms with Gasteiger partial charge >= 0.3 is 0 Å². The standard InChI is InChI=1S/C12H10BrN3O2/c13-10-5-9(6-14-8-10)7-15-11-3-1-2-4-12(11)16(17)18/h1-6,8,15H,7H2. The molecule has 0 saturated heterocycles. The highest BCUT2D eigenvalue weighted by Gasteiger charge is 2.11. The van der Waals surface area contributed by atoms with Crippen molar-refractivity contribution in [3.8, 4) is 0 Å². The molecule has 2 rings (SSSR count). The Kier molecular flexibility index (Phi) is 3.88. The van der Waals surface area contributed by atoms with E-state index in [1.54, 1.807) is 30.6 Å². The molecule has 1 N–H and O–H groups in total. The number of anilines is 1. The van der Waals surface area contributed by atoms with Gasteiger partial charge in [-0.1, -0.05) is 12.1 Å². The van der Waals surface area contributed by atoms with Gasteiger partial charge in [-0.2, -0.15) is 0 Å². The van der Waals surface area contributed by atoms with Gasteiger partial charge in [0.25, 0.3) is 5.69 Å². The molecule has 5 nitrogen and oxygen atoms in total. The van der Waals surface area contributed by atoms with Crippen molar-refractivity contribution in [1.82, 2.24) is 4.98 Å². The molecule has 0 saturated carbocycles. The number of halogens is 1. The average Bonchev–Trinajstić information content (AvgIpc) is 2.37. The lowest BCUT2D eigenvalue weighted by Crippen LogP contribution is -2.02. The zero-order chi connectivity index (χ0) is 13.0. The molecule has 0 amide bonds. The van der Waals surface area contributed by atoms with Gasteiger partial charge < -0.3 is 5.32 Å². The van der Waals surface area contributed by atoms with Gasteiger partial charge in [-0.15, -0.1) is 0 Å². The van der Waals surface area contributed by atoms with Gasteiger partial charge in [-0.05, 0) is 33.6 Å². The second-order valence-corrected chi connectivity index (χ2v) is 4.55. The number of aromatic nitrogens is 1. The Balaban J connectivity index is 2.13. The SMILES string of the molecule is O=[N+]([O-])c1ccccc1NCc1cncc(Br)c1. The third-order valence-corrected chi connectivity index (χ3v) is 2.78. The topological polar surface area (TPSA) is 68.1 Å². The third-order valence-electron chi connectivity index (χ3n) is 2.35. The van der Waals surface area contributed by atoms with Crippen LogP contribution in [0.5, 0.6) is 0 Å². The molecule has 0 unspecified atom stereocenters. The quantitative estimate of drug-likeness (QED) is 0.694. The summed E-state index contributed by atoms with van der Waals surface area (Å²) in [7, 11) is 0. The number of nitrogens with zero attached hydrogens (tertiary/aromatic N) is 2. The highest BCUT2D eigenvalue weighted by atomic mass is 79.9. The fourth-order valence-corrected chi connectivity index (χ4v) is 1.94. The molecule has 0 spiro atoms. The first kappa shape index (κ1) is 12.5. The predicted molar refractivity (Wildman–Crippen MR) is 72.4 cm³/mol. The van der Waals surface area contributed by atoms with Crippen molar-refractivity contribution in [2.75, 3.05) is 5.32 Å². The fourth-order valence-electron chi connectivity index (χ4n) is 1.53. The summed E-state index contributed by atoms with van der Waals surface area (Å²) < 4.78 is 0.879. The van der Waals surface area contributed by atoms with Crippen molar-refractivity contribution in [2.24, 2.45) is 0 Å². The van der Waals surface area contributed by atoms with E-state index in [2.05, 4.69) is 26.2 Å². The van der Waals surface area contributed by atoms with E-state index in [1.165, 1.54) is 6.07 Å². The number of nitro groups is 1. The van der Waals surface area contributed by atoms with Gasteiger partial charge in [0.05, 0.1) is 4.92 Å². The van der Waals surface area contributed by atoms with E-state index >= 15 is 0 Å². The Hall–Kier alpha value is -1.95. The zero-order valence-electron chi connectivity index (χ0n) is 9.34. The van der Waals surface area contributed by atoms with Crippen LogP contribution in [0.4, 0.5) is 11.4 Å². The second kappa shape index (κ2) is 5.59. The lowest BCUT2D eigenvalue weighted by atomic mass is 10.2. The molecule has 92 valence electrons. The Morgan fingerprint density at radius 3 is 2.83 bits per heavy atom. The van der Waals surface area contributed by atoms with Gasteiger partial charge in [-0.3, -0.25) is 15.1 Å². The minimum Gasteiger partial charge on any atom is -0.375 e. The number of para-hydroxylation sites is 2. The van der Waals surface area contributed by atoms with Crippen LogP contribution in [-0.2, 0) is 6.54 Å². The minimum atomic E-state index is -0.401. The normalized spacial score (nSPS) is 10.1. The maximum absolute atomic E-state index is 10.8. The molecule has 2 aromatic rings. The Morgan fingerprint density at radius 2 is 2.11 bits per heavy atom. The monoisotopic (exact) mass is 307 g/mol. The summed E-state index contributed by atoms with van der Waals surface area (Å²) in [5, 5.41) is 13.9. The molecule has 0 atom stereocenters. The summed E-state index contributed by atoms with van der Waals surface area (Å²) in [6.07, 6.45) is 3.40. The fraction of sp³-hybridized carbons (Fsp3) is 0.0833. The summed E-state index contributed by atoms with van der Waals surface area (Å²) in [5.74, 6) is 0. The first-order valence-corrected chi connectivity index (χ1v) is 6.03. The molecule has 0 bridgehead atoms. The van der Waals surface area contributed by atoms with E-state index in [0.717, 1.165) is 10.0 Å². The first-order valence-electron chi connectivity index (χ1n) is 5.23. The van der Waals surface area contributed by atoms with E-state index in [9.17, 15) is 10.1 Å². The van der Waals surface area contributed by atoms with E-state index in [0.29, 0.717) is 12.2 Å². The summed E-state index contributed by atoms with van der Waals surface area (Å²) in [6.45, 7) is 0.483. The van der Waals surface area contributed by atoms with Crippen LogP contribution in [0.15, 0.2) is 47.2 Å². The Labute approximate surface area is 112 Å². The lowest BCUT2D eigenvalue weighted by molar-refractivity contribution is -0.384.